The van der Waals surface area contributed by atoms with E-state index in [1.807, 2.05) is 19.3 Å². The largest absolute Gasteiger partial charge is 0.345 e. The highest BCUT2D eigenvalue weighted by atomic mass is 15.1. The zero-order chi connectivity index (χ0) is 13.9. The minimum atomic E-state index is 0.914. The second kappa shape index (κ2) is 5.71. The lowest BCUT2D eigenvalue weighted by molar-refractivity contribution is 0.240. The highest BCUT2D eigenvalue weighted by Crippen LogP contribution is 2.18. The summed E-state index contributed by atoms with van der Waals surface area (Å²) in [6.07, 6.45) is 7.03. The Bertz CT molecular complexity index is 590. The molecular weight excluding hydrogens is 250 g/mol. The minimum absolute atomic E-state index is 0.914. The van der Waals surface area contributed by atoms with Crippen LogP contribution in [0.1, 0.15) is 41.9 Å². The van der Waals surface area contributed by atoms with Gasteiger partial charge in [-0.3, -0.25) is 4.90 Å². The van der Waals surface area contributed by atoms with Gasteiger partial charge in [0.2, 0.25) is 0 Å². The number of nitrogens with one attached hydrogen (secondary N) is 1. The zero-order valence-electron chi connectivity index (χ0n) is 12.2. The summed E-state index contributed by atoms with van der Waals surface area (Å²) in [5.74, 6) is 1.97. The molecule has 0 saturated heterocycles. The fraction of sp³-hybridized carbons (Fsp3) is 0.533. The summed E-state index contributed by atoms with van der Waals surface area (Å²) in [5, 5.41) is 0. The van der Waals surface area contributed by atoms with Gasteiger partial charge in [0.1, 0.15) is 11.6 Å². The van der Waals surface area contributed by atoms with Crippen LogP contribution in [0.5, 0.6) is 0 Å². The van der Waals surface area contributed by atoms with E-state index >= 15 is 0 Å². The molecule has 0 fully saturated rings. The molecular formula is C15H21N5. The Morgan fingerprint density at radius 2 is 2.20 bits per heavy atom. The molecule has 106 valence electrons. The van der Waals surface area contributed by atoms with Crippen molar-refractivity contribution in [1.29, 1.82) is 0 Å². The first-order chi connectivity index (χ1) is 9.74. The van der Waals surface area contributed by atoms with Gasteiger partial charge >= 0.3 is 0 Å². The van der Waals surface area contributed by atoms with Crippen LogP contribution in [-0.4, -0.2) is 31.4 Å². The van der Waals surface area contributed by atoms with Crippen molar-refractivity contribution in [2.75, 3.05) is 6.54 Å². The molecule has 3 rings (SSSR count). The van der Waals surface area contributed by atoms with Gasteiger partial charge < -0.3 is 4.98 Å². The molecule has 2 aromatic heterocycles. The predicted octanol–water partition coefficient (Wildman–Crippen LogP) is 2.02. The molecule has 1 N–H and O–H groups in total. The number of fused-ring (bicyclic) bond motifs is 1. The first kappa shape index (κ1) is 13.2. The summed E-state index contributed by atoms with van der Waals surface area (Å²) in [7, 11) is 0. The smallest absolute Gasteiger partial charge is 0.128 e. The van der Waals surface area contributed by atoms with E-state index in [0.29, 0.717) is 0 Å². The molecule has 1 aliphatic heterocycles. The maximum absolute atomic E-state index is 4.69. The fourth-order valence-corrected chi connectivity index (χ4v) is 2.69. The Balaban J connectivity index is 1.69. The third-order valence-corrected chi connectivity index (χ3v) is 3.69. The van der Waals surface area contributed by atoms with Crippen LogP contribution in [0, 0.1) is 6.92 Å². The van der Waals surface area contributed by atoms with Gasteiger partial charge in [0, 0.05) is 61.8 Å². The van der Waals surface area contributed by atoms with Gasteiger partial charge in [-0.25, -0.2) is 15.0 Å². The lowest BCUT2D eigenvalue weighted by Gasteiger charge is -2.27. The first-order valence-corrected chi connectivity index (χ1v) is 7.31. The minimum Gasteiger partial charge on any atom is -0.345 e. The zero-order valence-corrected chi connectivity index (χ0v) is 12.2. The molecule has 0 atom stereocenters. The SMILES string of the molecule is CCCc1ncc2c(n1)CCN(Cc1cnc(C)[nH]1)C2. The quantitative estimate of drug-likeness (QED) is 0.924. The fourth-order valence-electron chi connectivity index (χ4n) is 2.69. The van der Waals surface area contributed by atoms with E-state index < -0.39 is 0 Å². The molecule has 5 nitrogen and oxygen atoms in total. The van der Waals surface area contributed by atoms with Crippen LogP contribution >= 0.6 is 0 Å². The summed E-state index contributed by atoms with van der Waals surface area (Å²) < 4.78 is 0. The van der Waals surface area contributed by atoms with E-state index in [1.54, 1.807) is 0 Å². The number of hydrogen-bond acceptors (Lipinski definition) is 4. The Morgan fingerprint density at radius 3 is 2.95 bits per heavy atom. The molecule has 0 amide bonds. The van der Waals surface area contributed by atoms with Gasteiger partial charge in [0.15, 0.2) is 0 Å². The van der Waals surface area contributed by atoms with Crippen molar-refractivity contribution in [2.45, 2.75) is 46.2 Å². The standard InChI is InChI=1S/C15H21N5/c1-3-4-15-17-7-12-9-20(6-5-14(12)19-15)10-13-8-16-11(2)18-13/h7-8H,3-6,9-10H2,1-2H3,(H,16,18). The molecule has 20 heavy (non-hydrogen) atoms. The molecule has 0 radical (unpaired) electrons. The topological polar surface area (TPSA) is 57.7 Å². The van der Waals surface area contributed by atoms with Gasteiger partial charge in [-0.15, -0.1) is 0 Å². The molecule has 0 saturated carbocycles. The lowest BCUT2D eigenvalue weighted by Crippen LogP contribution is -2.31. The number of aromatic amines is 1. The van der Waals surface area contributed by atoms with E-state index in [9.17, 15) is 0 Å². The number of aromatic nitrogens is 4. The summed E-state index contributed by atoms with van der Waals surface area (Å²) >= 11 is 0. The number of H-pyrrole nitrogens is 1. The molecule has 0 unspecified atom stereocenters. The molecule has 0 spiro atoms. The van der Waals surface area contributed by atoms with Gasteiger partial charge in [0.05, 0.1) is 0 Å². The van der Waals surface area contributed by atoms with Gasteiger partial charge in [-0.2, -0.15) is 0 Å². The average molecular weight is 271 g/mol. The van der Waals surface area contributed by atoms with Crippen LogP contribution < -0.4 is 0 Å². The molecule has 5 heteroatoms. The van der Waals surface area contributed by atoms with E-state index in [4.69, 9.17) is 4.98 Å². The van der Waals surface area contributed by atoms with Crippen molar-refractivity contribution in [3.8, 4) is 0 Å². The summed E-state index contributed by atoms with van der Waals surface area (Å²) in [6, 6.07) is 0. The average Bonchev–Trinajstić information content (AvgIpc) is 2.85. The Kier molecular flexibility index (Phi) is 3.78. The lowest BCUT2D eigenvalue weighted by atomic mass is 10.1. The van der Waals surface area contributed by atoms with Crippen LogP contribution in [0.2, 0.25) is 0 Å². The molecule has 2 aromatic rings. The van der Waals surface area contributed by atoms with Crippen molar-refractivity contribution in [3.63, 3.8) is 0 Å². The molecule has 0 bridgehead atoms. The van der Waals surface area contributed by atoms with Crippen LogP contribution in [0.4, 0.5) is 0 Å². The monoisotopic (exact) mass is 271 g/mol. The number of rotatable bonds is 4. The second-order valence-electron chi connectivity index (χ2n) is 5.46. The summed E-state index contributed by atoms with van der Waals surface area (Å²) in [5.41, 5.74) is 3.68. The maximum atomic E-state index is 4.69. The normalized spacial score (nSPS) is 15.3. The van der Waals surface area contributed by atoms with Crippen LogP contribution in [0.25, 0.3) is 0 Å². The number of aryl methyl sites for hydroxylation is 2. The molecule has 1 aliphatic rings. The summed E-state index contributed by atoms with van der Waals surface area (Å²) in [6.45, 7) is 7.04. The van der Waals surface area contributed by atoms with E-state index in [0.717, 1.165) is 50.5 Å². The van der Waals surface area contributed by atoms with E-state index in [2.05, 4.69) is 26.8 Å². The van der Waals surface area contributed by atoms with Crippen molar-refractivity contribution in [1.82, 2.24) is 24.8 Å². The van der Waals surface area contributed by atoms with Crippen molar-refractivity contribution in [2.24, 2.45) is 0 Å². The first-order valence-electron chi connectivity index (χ1n) is 7.31. The third-order valence-electron chi connectivity index (χ3n) is 3.69. The predicted molar refractivity (Wildman–Crippen MR) is 77.2 cm³/mol. The number of hydrogen-bond donors (Lipinski definition) is 1. The molecule has 3 heterocycles. The van der Waals surface area contributed by atoms with E-state index in [-0.39, 0.29) is 0 Å². The maximum Gasteiger partial charge on any atom is 0.128 e. The van der Waals surface area contributed by atoms with Gasteiger partial charge in [-0.1, -0.05) is 6.92 Å². The van der Waals surface area contributed by atoms with E-state index in [1.165, 1.54) is 17.0 Å². The van der Waals surface area contributed by atoms with Crippen molar-refractivity contribution >= 4 is 0 Å². The van der Waals surface area contributed by atoms with Gasteiger partial charge in [-0.05, 0) is 13.3 Å². The number of nitrogens with zero attached hydrogens (tertiary/aromatic N) is 4. The van der Waals surface area contributed by atoms with Crippen molar-refractivity contribution < 1.29 is 0 Å². The Morgan fingerprint density at radius 1 is 1.30 bits per heavy atom. The summed E-state index contributed by atoms with van der Waals surface area (Å²) in [4.78, 5) is 19.1. The molecule has 0 aliphatic carbocycles. The Labute approximate surface area is 119 Å². The second-order valence-corrected chi connectivity index (χ2v) is 5.46. The number of imidazole rings is 1. The van der Waals surface area contributed by atoms with Crippen molar-refractivity contribution in [3.05, 3.63) is 41.0 Å². The highest BCUT2D eigenvalue weighted by Gasteiger charge is 2.18. The molecule has 0 aromatic carbocycles. The highest BCUT2D eigenvalue weighted by molar-refractivity contribution is 5.21. The Hall–Kier alpha value is -1.75. The van der Waals surface area contributed by atoms with Crippen LogP contribution in [0.3, 0.4) is 0 Å². The third kappa shape index (κ3) is 2.88. The van der Waals surface area contributed by atoms with Crippen LogP contribution in [0.15, 0.2) is 12.4 Å². The van der Waals surface area contributed by atoms with Crippen LogP contribution in [-0.2, 0) is 25.9 Å². The van der Waals surface area contributed by atoms with Gasteiger partial charge in [0.25, 0.3) is 0 Å².